The van der Waals surface area contributed by atoms with Gasteiger partial charge in [0.05, 0.1) is 5.56 Å². The fourth-order valence-corrected chi connectivity index (χ4v) is 2.34. The van der Waals surface area contributed by atoms with Crippen LogP contribution in [0.4, 0.5) is 0 Å². The number of aromatic hydroxyl groups is 1. The number of phenolic OH excluding ortho intramolecular Hbond substituents is 1. The van der Waals surface area contributed by atoms with Crippen LogP contribution in [0.15, 0.2) is 24.3 Å². The summed E-state index contributed by atoms with van der Waals surface area (Å²) in [5, 5.41) is 9.60. The molecular weight excluding hydrogens is 282 g/mol. The Hall–Kier alpha value is -1.88. The number of phenols is 1. The molecule has 0 aliphatic rings. The fraction of sp³-hybridized carbons (Fsp3) is 0.529. The molecule has 0 radical (unpaired) electrons. The Morgan fingerprint density at radius 1 is 0.909 bits per heavy atom. The Kier molecular flexibility index (Phi) is 8.91. The Labute approximate surface area is 131 Å². The molecule has 0 saturated carbocycles. The SMILES string of the molecule is NOC(=O)CCCCCCCCCC(=O)c1ccccc1O. The third-order valence-corrected chi connectivity index (χ3v) is 3.62. The van der Waals surface area contributed by atoms with Crippen LogP contribution in [0, 0.1) is 0 Å². The molecule has 22 heavy (non-hydrogen) atoms. The van der Waals surface area contributed by atoms with E-state index in [9.17, 15) is 14.7 Å². The van der Waals surface area contributed by atoms with E-state index in [0.29, 0.717) is 18.4 Å². The molecule has 0 heterocycles. The summed E-state index contributed by atoms with van der Waals surface area (Å²) >= 11 is 0. The van der Waals surface area contributed by atoms with Crippen LogP contribution in [-0.4, -0.2) is 16.9 Å². The summed E-state index contributed by atoms with van der Waals surface area (Å²) in [5.41, 5.74) is 0.411. The molecule has 0 aliphatic carbocycles. The minimum atomic E-state index is -0.359. The number of carbonyl (C=O) groups is 2. The van der Waals surface area contributed by atoms with Gasteiger partial charge in [-0.2, -0.15) is 5.90 Å². The Balaban J connectivity index is 2.01. The smallest absolute Gasteiger partial charge is 0.324 e. The van der Waals surface area contributed by atoms with Crippen molar-refractivity contribution in [3.05, 3.63) is 29.8 Å². The zero-order valence-electron chi connectivity index (χ0n) is 12.9. The second kappa shape index (κ2) is 10.8. The normalized spacial score (nSPS) is 10.4. The van der Waals surface area contributed by atoms with E-state index < -0.39 is 0 Å². The molecule has 0 bridgehead atoms. The summed E-state index contributed by atoms with van der Waals surface area (Å²) in [6.07, 6.45) is 7.75. The monoisotopic (exact) mass is 307 g/mol. The largest absolute Gasteiger partial charge is 0.507 e. The Morgan fingerprint density at radius 2 is 1.45 bits per heavy atom. The molecule has 122 valence electrons. The first-order chi connectivity index (χ1) is 10.6. The number of ketones is 1. The number of para-hydroxylation sites is 1. The van der Waals surface area contributed by atoms with Crippen molar-refractivity contribution in [1.82, 2.24) is 0 Å². The van der Waals surface area contributed by atoms with Crippen LogP contribution >= 0.6 is 0 Å². The number of nitrogens with two attached hydrogens (primary N) is 1. The number of rotatable bonds is 11. The lowest BCUT2D eigenvalue weighted by molar-refractivity contribution is -0.144. The summed E-state index contributed by atoms with van der Waals surface area (Å²) in [5.74, 6) is 4.45. The van der Waals surface area contributed by atoms with Crippen molar-refractivity contribution in [2.75, 3.05) is 0 Å². The first-order valence-corrected chi connectivity index (χ1v) is 7.86. The van der Waals surface area contributed by atoms with Gasteiger partial charge in [-0.15, -0.1) is 0 Å². The second-order valence-electron chi connectivity index (χ2n) is 5.41. The zero-order valence-corrected chi connectivity index (χ0v) is 12.9. The van der Waals surface area contributed by atoms with Gasteiger partial charge < -0.3 is 9.94 Å². The second-order valence-corrected chi connectivity index (χ2v) is 5.41. The van der Waals surface area contributed by atoms with E-state index in [1.807, 2.05) is 0 Å². The maximum Gasteiger partial charge on any atom is 0.324 e. The Bertz CT molecular complexity index is 473. The predicted molar refractivity (Wildman–Crippen MR) is 84.3 cm³/mol. The minimum absolute atomic E-state index is 0.00148. The predicted octanol–water partition coefficient (Wildman–Crippen LogP) is 3.50. The van der Waals surface area contributed by atoms with E-state index >= 15 is 0 Å². The van der Waals surface area contributed by atoms with Crippen molar-refractivity contribution >= 4 is 11.8 Å². The summed E-state index contributed by atoms with van der Waals surface area (Å²) in [6, 6.07) is 6.66. The van der Waals surface area contributed by atoms with E-state index in [2.05, 4.69) is 4.84 Å². The van der Waals surface area contributed by atoms with Gasteiger partial charge in [0.15, 0.2) is 5.78 Å². The summed E-state index contributed by atoms with van der Waals surface area (Å²) < 4.78 is 0. The van der Waals surface area contributed by atoms with Gasteiger partial charge in [-0.25, -0.2) is 0 Å². The third-order valence-electron chi connectivity index (χ3n) is 3.62. The molecule has 0 saturated heterocycles. The molecular formula is C17H25NO4. The van der Waals surface area contributed by atoms with Gasteiger partial charge in [-0.05, 0) is 25.0 Å². The number of unbranched alkanes of at least 4 members (excludes halogenated alkanes) is 6. The van der Waals surface area contributed by atoms with Crippen LogP contribution in [0.3, 0.4) is 0 Å². The van der Waals surface area contributed by atoms with Gasteiger partial charge >= 0.3 is 5.97 Å². The highest BCUT2D eigenvalue weighted by Crippen LogP contribution is 2.19. The van der Waals surface area contributed by atoms with E-state index in [1.54, 1.807) is 18.2 Å². The number of carbonyl (C=O) groups excluding carboxylic acids is 2. The molecule has 0 unspecified atom stereocenters. The molecule has 1 aromatic carbocycles. The van der Waals surface area contributed by atoms with Crippen molar-refractivity contribution in [3.8, 4) is 5.75 Å². The lowest BCUT2D eigenvalue weighted by Gasteiger charge is -2.04. The lowest BCUT2D eigenvalue weighted by Crippen LogP contribution is -2.08. The van der Waals surface area contributed by atoms with Gasteiger partial charge in [0, 0.05) is 12.8 Å². The zero-order chi connectivity index (χ0) is 16.2. The quantitative estimate of drug-likeness (QED) is 0.371. The first-order valence-electron chi connectivity index (χ1n) is 7.86. The van der Waals surface area contributed by atoms with Gasteiger partial charge in [0.1, 0.15) is 5.75 Å². The van der Waals surface area contributed by atoms with E-state index in [-0.39, 0.29) is 17.5 Å². The minimum Gasteiger partial charge on any atom is -0.507 e. The third kappa shape index (κ3) is 7.22. The average Bonchev–Trinajstić information content (AvgIpc) is 2.53. The summed E-state index contributed by atoms with van der Waals surface area (Å²) in [4.78, 5) is 26.8. The molecule has 1 rings (SSSR count). The van der Waals surface area contributed by atoms with Crippen LogP contribution in [0.5, 0.6) is 5.75 Å². The number of Topliss-reactive ketones (excluding diaryl/α,β-unsaturated/α-hetero) is 1. The van der Waals surface area contributed by atoms with Crippen molar-refractivity contribution in [2.45, 2.75) is 57.8 Å². The van der Waals surface area contributed by atoms with Crippen LogP contribution in [0.2, 0.25) is 0 Å². The molecule has 3 N–H and O–H groups in total. The van der Waals surface area contributed by atoms with Crippen molar-refractivity contribution in [1.29, 1.82) is 0 Å². The van der Waals surface area contributed by atoms with Gasteiger partial charge in [-0.1, -0.05) is 44.2 Å². The fourth-order valence-electron chi connectivity index (χ4n) is 2.34. The molecule has 5 heteroatoms. The molecule has 0 aliphatic heterocycles. The molecule has 0 fully saturated rings. The van der Waals surface area contributed by atoms with E-state index in [4.69, 9.17) is 5.90 Å². The van der Waals surface area contributed by atoms with Crippen LogP contribution in [0.1, 0.15) is 68.1 Å². The molecule has 0 atom stereocenters. The number of benzene rings is 1. The van der Waals surface area contributed by atoms with Crippen molar-refractivity contribution in [3.63, 3.8) is 0 Å². The van der Waals surface area contributed by atoms with Crippen molar-refractivity contribution < 1.29 is 19.5 Å². The highest BCUT2D eigenvalue weighted by atomic mass is 16.7. The number of hydrogen-bond donors (Lipinski definition) is 2. The number of hydrogen-bond acceptors (Lipinski definition) is 5. The molecule has 0 aromatic heterocycles. The van der Waals surface area contributed by atoms with Gasteiger partial charge in [0.2, 0.25) is 0 Å². The highest BCUT2D eigenvalue weighted by molar-refractivity contribution is 5.98. The van der Waals surface area contributed by atoms with E-state index in [1.165, 1.54) is 6.07 Å². The van der Waals surface area contributed by atoms with E-state index in [0.717, 1.165) is 44.9 Å². The maximum absolute atomic E-state index is 11.9. The molecule has 0 amide bonds. The van der Waals surface area contributed by atoms with Crippen LogP contribution < -0.4 is 5.90 Å². The Morgan fingerprint density at radius 3 is 2.05 bits per heavy atom. The van der Waals surface area contributed by atoms with Crippen molar-refractivity contribution in [2.24, 2.45) is 5.90 Å². The van der Waals surface area contributed by atoms with Gasteiger partial charge in [-0.3, -0.25) is 9.59 Å². The molecule has 5 nitrogen and oxygen atoms in total. The molecule has 1 aromatic rings. The van der Waals surface area contributed by atoms with Crippen LogP contribution in [0.25, 0.3) is 0 Å². The highest BCUT2D eigenvalue weighted by Gasteiger charge is 2.09. The van der Waals surface area contributed by atoms with Gasteiger partial charge in [0.25, 0.3) is 0 Å². The lowest BCUT2D eigenvalue weighted by atomic mass is 10.0. The summed E-state index contributed by atoms with van der Waals surface area (Å²) in [6.45, 7) is 0. The maximum atomic E-state index is 11.9. The topological polar surface area (TPSA) is 89.6 Å². The summed E-state index contributed by atoms with van der Waals surface area (Å²) in [7, 11) is 0. The van der Waals surface area contributed by atoms with Crippen LogP contribution in [-0.2, 0) is 9.63 Å². The first kappa shape index (κ1) is 18.2. The average molecular weight is 307 g/mol. The standard InChI is InChI=1S/C17H25NO4/c18-22-17(21)13-7-5-3-1-2-4-6-11-15(19)14-10-8-9-12-16(14)20/h8-10,12,20H,1-7,11,13,18H2. The molecule has 0 spiro atoms.